The summed E-state index contributed by atoms with van der Waals surface area (Å²) < 4.78 is 5.46. The van der Waals surface area contributed by atoms with Crippen molar-refractivity contribution in [1.82, 2.24) is 0 Å². The first-order valence-corrected chi connectivity index (χ1v) is 8.47. The highest BCUT2D eigenvalue weighted by molar-refractivity contribution is 5.89. The van der Waals surface area contributed by atoms with Gasteiger partial charge < -0.3 is 4.74 Å². The average Bonchev–Trinajstić information content (AvgIpc) is 2.42. The van der Waals surface area contributed by atoms with Gasteiger partial charge in [0, 0.05) is 5.57 Å². The van der Waals surface area contributed by atoms with Crippen LogP contribution in [0.2, 0.25) is 0 Å². The highest BCUT2D eigenvalue weighted by Gasteiger charge is 2.18. The van der Waals surface area contributed by atoms with Gasteiger partial charge in [-0.15, -0.1) is 0 Å². The van der Waals surface area contributed by atoms with Gasteiger partial charge in [0.2, 0.25) is 0 Å². The lowest BCUT2D eigenvalue weighted by Gasteiger charge is -2.16. The van der Waals surface area contributed by atoms with Gasteiger partial charge in [0.05, 0.1) is 6.61 Å². The summed E-state index contributed by atoms with van der Waals surface area (Å²) in [6.45, 7) is 11.2. The molecule has 20 heavy (non-hydrogen) atoms. The lowest BCUT2D eigenvalue weighted by atomic mass is 9.94. The fourth-order valence-electron chi connectivity index (χ4n) is 2.54. The summed E-state index contributed by atoms with van der Waals surface area (Å²) in [7, 11) is 0. The molecule has 0 aliphatic carbocycles. The van der Waals surface area contributed by atoms with Crippen molar-refractivity contribution in [3.8, 4) is 0 Å². The summed E-state index contributed by atoms with van der Waals surface area (Å²) in [5.41, 5.74) is 2.15. The van der Waals surface area contributed by atoms with Gasteiger partial charge in [-0.05, 0) is 25.2 Å². The summed E-state index contributed by atoms with van der Waals surface area (Å²) in [5.74, 6) is 0.161. The van der Waals surface area contributed by atoms with Crippen LogP contribution < -0.4 is 0 Å². The van der Waals surface area contributed by atoms with Gasteiger partial charge in [0.25, 0.3) is 0 Å². The number of carbonyl (C=O) groups excluding carboxylic acids is 1. The molecule has 0 radical (unpaired) electrons. The molecule has 0 rings (SSSR count). The normalized spacial score (nSPS) is 10.7. The van der Waals surface area contributed by atoms with Crippen molar-refractivity contribution in [2.24, 2.45) is 5.92 Å². The second kappa shape index (κ2) is 12.0. The maximum absolute atomic E-state index is 12.2. The van der Waals surface area contributed by atoms with Gasteiger partial charge in [-0.2, -0.15) is 0 Å². The van der Waals surface area contributed by atoms with E-state index in [2.05, 4.69) is 34.6 Å². The second-order valence-electron chi connectivity index (χ2n) is 5.78. The van der Waals surface area contributed by atoms with E-state index in [1.807, 2.05) is 0 Å². The third-order valence-corrected chi connectivity index (χ3v) is 3.76. The summed E-state index contributed by atoms with van der Waals surface area (Å²) in [5, 5.41) is 0. The second-order valence-corrected chi connectivity index (χ2v) is 5.78. The predicted molar refractivity (Wildman–Crippen MR) is 86.8 cm³/mol. The Morgan fingerprint density at radius 1 is 0.900 bits per heavy atom. The van der Waals surface area contributed by atoms with Crippen LogP contribution in [0, 0.1) is 5.92 Å². The number of ether oxygens (including phenoxy) is 1. The van der Waals surface area contributed by atoms with Crippen LogP contribution in [0.5, 0.6) is 0 Å². The number of carbonyl (C=O) groups is 1. The van der Waals surface area contributed by atoms with E-state index in [0.717, 1.165) is 24.8 Å². The van der Waals surface area contributed by atoms with Crippen molar-refractivity contribution in [2.75, 3.05) is 6.61 Å². The van der Waals surface area contributed by atoms with Crippen LogP contribution >= 0.6 is 0 Å². The maximum Gasteiger partial charge on any atom is 0.334 e. The molecular formula is C18H34O2. The van der Waals surface area contributed by atoms with Gasteiger partial charge in [-0.3, -0.25) is 0 Å². The number of rotatable bonds is 11. The number of unbranched alkanes of at least 4 members (excludes halogenated alkanes) is 5. The predicted octanol–water partition coefficient (Wildman–Crippen LogP) is 5.66. The summed E-state index contributed by atoms with van der Waals surface area (Å²) in [6.07, 6.45) is 9.19. The molecule has 0 amide bonds. The van der Waals surface area contributed by atoms with Crippen LogP contribution in [0.15, 0.2) is 11.1 Å². The Hall–Kier alpha value is -0.790. The molecule has 0 aliphatic rings. The van der Waals surface area contributed by atoms with E-state index >= 15 is 0 Å². The smallest absolute Gasteiger partial charge is 0.334 e. The van der Waals surface area contributed by atoms with E-state index in [1.54, 1.807) is 0 Å². The van der Waals surface area contributed by atoms with Gasteiger partial charge in [-0.25, -0.2) is 4.79 Å². The van der Waals surface area contributed by atoms with Crippen LogP contribution in [0.1, 0.15) is 86.0 Å². The standard InChI is InChI=1S/C18H34O2/c1-6-9-10-11-12-13-14-20-18(19)17(15(4)5)16(7-2)8-3/h15H,6-14H2,1-5H3. The van der Waals surface area contributed by atoms with E-state index in [-0.39, 0.29) is 11.9 Å². The van der Waals surface area contributed by atoms with Crippen LogP contribution in [0.25, 0.3) is 0 Å². The molecule has 0 unspecified atom stereocenters. The van der Waals surface area contributed by atoms with Gasteiger partial charge in [-0.1, -0.05) is 72.3 Å². The van der Waals surface area contributed by atoms with E-state index in [1.165, 1.54) is 37.7 Å². The number of hydrogen-bond donors (Lipinski definition) is 0. The molecule has 2 heteroatoms. The van der Waals surface area contributed by atoms with Gasteiger partial charge in [0.1, 0.15) is 0 Å². The first-order chi connectivity index (χ1) is 9.58. The first-order valence-electron chi connectivity index (χ1n) is 8.47. The van der Waals surface area contributed by atoms with E-state index < -0.39 is 0 Å². The van der Waals surface area contributed by atoms with Crippen molar-refractivity contribution >= 4 is 5.97 Å². The van der Waals surface area contributed by atoms with Crippen molar-refractivity contribution in [1.29, 1.82) is 0 Å². The Balaban J connectivity index is 4.14. The van der Waals surface area contributed by atoms with Crippen molar-refractivity contribution < 1.29 is 9.53 Å². The topological polar surface area (TPSA) is 26.3 Å². The largest absolute Gasteiger partial charge is 0.462 e. The molecule has 2 nitrogen and oxygen atoms in total. The van der Waals surface area contributed by atoms with E-state index in [4.69, 9.17) is 4.74 Å². The van der Waals surface area contributed by atoms with E-state index in [0.29, 0.717) is 6.61 Å². The monoisotopic (exact) mass is 282 g/mol. The molecule has 0 atom stereocenters. The zero-order valence-corrected chi connectivity index (χ0v) is 14.3. The minimum Gasteiger partial charge on any atom is -0.462 e. The Labute approximate surface area is 126 Å². The fourth-order valence-corrected chi connectivity index (χ4v) is 2.54. The van der Waals surface area contributed by atoms with Crippen LogP contribution in [0.4, 0.5) is 0 Å². The van der Waals surface area contributed by atoms with Crippen LogP contribution in [-0.2, 0) is 9.53 Å². The van der Waals surface area contributed by atoms with Gasteiger partial charge in [0.15, 0.2) is 0 Å². The highest BCUT2D eigenvalue weighted by atomic mass is 16.5. The van der Waals surface area contributed by atoms with Crippen molar-refractivity contribution in [3.63, 3.8) is 0 Å². The molecule has 118 valence electrons. The number of esters is 1. The minimum absolute atomic E-state index is 0.0905. The first kappa shape index (κ1) is 19.2. The maximum atomic E-state index is 12.2. The van der Waals surface area contributed by atoms with E-state index in [9.17, 15) is 4.79 Å². The molecule has 0 aromatic rings. The Morgan fingerprint density at radius 3 is 1.95 bits per heavy atom. The lowest BCUT2D eigenvalue weighted by Crippen LogP contribution is -2.15. The van der Waals surface area contributed by atoms with Crippen molar-refractivity contribution in [2.45, 2.75) is 86.0 Å². The fraction of sp³-hybridized carbons (Fsp3) is 0.833. The summed E-state index contributed by atoms with van der Waals surface area (Å²) >= 11 is 0. The molecule has 0 aliphatic heterocycles. The Morgan fingerprint density at radius 2 is 1.45 bits per heavy atom. The molecule has 0 spiro atoms. The quantitative estimate of drug-likeness (QED) is 0.277. The van der Waals surface area contributed by atoms with Crippen molar-refractivity contribution in [3.05, 3.63) is 11.1 Å². The average molecular weight is 282 g/mol. The third-order valence-electron chi connectivity index (χ3n) is 3.76. The molecule has 0 aromatic heterocycles. The highest BCUT2D eigenvalue weighted by Crippen LogP contribution is 2.21. The van der Waals surface area contributed by atoms with Gasteiger partial charge >= 0.3 is 5.97 Å². The van der Waals surface area contributed by atoms with Crippen LogP contribution in [0.3, 0.4) is 0 Å². The molecule has 0 N–H and O–H groups in total. The summed E-state index contributed by atoms with van der Waals surface area (Å²) in [4.78, 5) is 12.2. The molecule has 0 heterocycles. The third kappa shape index (κ3) is 7.72. The molecule has 0 bridgehead atoms. The summed E-state index contributed by atoms with van der Waals surface area (Å²) in [6, 6.07) is 0. The number of hydrogen-bond acceptors (Lipinski definition) is 2. The minimum atomic E-state index is -0.0905. The molecule has 0 saturated heterocycles. The molecular weight excluding hydrogens is 248 g/mol. The molecule has 0 fully saturated rings. The number of allylic oxidation sites excluding steroid dienone is 1. The SMILES string of the molecule is CCCCCCCCOC(=O)C(=C(CC)CC)C(C)C. The molecule has 0 saturated carbocycles. The zero-order chi connectivity index (χ0) is 15.4. The zero-order valence-electron chi connectivity index (χ0n) is 14.3. The lowest BCUT2D eigenvalue weighted by molar-refractivity contribution is -0.139. The Bertz CT molecular complexity index is 284. The van der Waals surface area contributed by atoms with Crippen LogP contribution in [-0.4, -0.2) is 12.6 Å². The Kier molecular flexibility index (Phi) is 11.5. The molecule has 0 aromatic carbocycles.